The summed E-state index contributed by atoms with van der Waals surface area (Å²) in [6.07, 6.45) is 13.1. The number of aryl methyl sites for hydroxylation is 1. The monoisotopic (exact) mass is 556 g/mol. The summed E-state index contributed by atoms with van der Waals surface area (Å²) >= 11 is 0. The molecule has 8 nitrogen and oxygen atoms in total. The number of fused-ring (bicyclic) bond motifs is 1. The second-order valence-electron chi connectivity index (χ2n) is 11.2. The molecule has 6 rings (SSSR count). The lowest BCUT2D eigenvalue weighted by atomic mass is 9.92. The fraction of sp³-hybridized carbons (Fsp3) is 0.406. The zero-order chi connectivity index (χ0) is 28.3. The maximum atomic E-state index is 14.9. The van der Waals surface area contributed by atoms with Crippen molar-refractivity contribution in [2.75, 3.05) is 29.9 Å². The van der Waals surface area contributed by atoms with Crippen LogP contribution in [0, 0.1) is 12.7 Å². The van der Waals surface area contributed by atoms with Gasteiger partial charge in [-0.25, -0.2) is 4.39 Å². The van der Waals surface area contributed by atoms with Crippen LogP contribution in [0.15, 0.2) is 59.9 Å². The van der Waals surface area contributed by atoms with Crippen molar-refractivity contribution < 1.29 is 9.50 Å². The van der Waals surface area contributed by atoms with Gasteiger partial charge in [-0.1, -0.05) is 0 Å². The van der Waals surface area contributed by atoms with Crippen molar-refractivity contribution in [1.82, 2.24) is 19.9 Å². The Morgan fingerprint density at radius 1 is 1.10 bits per heavy atom. The summed E-state index contributed by atoms with van der Waals surface area (Å²) in [6.45, 7) is 4.10. The highest BCUT2D eigenvalue weighted by Crippen LogP contribution is 2.38. The summed E-state index contributed by atoms with van der Waals surface area (Å²) in [5.74, 6) is -0.488. The van der Waals surface area contributed by atoms with Gasteiger partial charge in [-0.05, 0) is 80.5 Å². The molecular weight excluding hydrogens is 519 g/mol. The molecular formula is C32H37FN6O2. The van der Waals surface area contributed by atoms with Crippen LogP contribution < -0.4 is 21.0 Å². The van der Waals surface area contributed by atoms with Gasteiger partial charge in [0, 0.05) is 67.5 Å². The number of nitrogens with one attached hydrogen (secondary N) is 2. The van der Waals surface area contributed by atoms with Crippen molar-refractivity contribution in [1.29, 1.82) is 0 Å². The van der Waals surface area contributed by atoms with Crippen molar-refractivity contribution in [2.24, 2.45) is 0 Å². The Bertz CT molecular complexity index is 1590. The third-order valence-corrected chi connectivity index (χ3v) is 8.19. The quantitative estimate of drug-likeness (QED) is 0.253. The Hall–Kier alpha value is -3.82. The molecule has 1 aliphatic carbocycles. The van der Waals surface area contributed by atoms with Gasteiger partial charge >= 0.3 is 0 Å². The topological polar surface area (TPSA) is 95.3 Å². The first-order chi connectivity index (χ1) is 20.0. The molecule has 1 atom stereocenters. The van der Waals surface area contributed by atoms with E-state index in [0.717, 1.165) is 55.5 Å². The number of pyridine rings is 3. The van der Waals surface area contributed by atoms with E-state index in [-0.39, 0.29) is 24.6 Å². The largest absolute Gasteiger partial charge is 0.395 e. The van der Waals surface area contributed by atoms with E-state index in [0.29, 0.717) is 35.8 Å². The number of aliphatic hydroxyl groups excluding tert-OH is 1. The van der Waals surface area contributed by atoms with Crippen LogP contribution in [0.3, 0.4) is 0 Å². The molecule has 1 saturated heterocycles. The second-order valence-corrected chi connectivity index (χ2v) is 11.2. The predicted molar refractivity (Wildman–Crippen MR) is 160 cm³/mol. The van der Waals surface area contributed by atoms with Crippen molar-refractivity contribution in [3.05, 3.63) is 93.5 Å². The summed E-state index contributed by atoms with van der Waals surface area (Å²) in [6, 6.07) is 9.78. The van der Waals surface area contributed by atoms with Gasteiger partial charge in [-0.2, -0.15) is 0 Å². The van der Waals surface area contributed by atoms with Gasteiger partial charge in [0.1, 0.15) is 5.82 Å². The van der Waals surface area contributed by atoms with Crippen LogP contribution in [0.5, 0.6) is 0 Å². The van der Waals surface area contributed by atoms with Crippen LogP contribution in [0.1, 0.15) is 66.6 Å². The first kappa shape index (κ1) is 27.4. The van der Waals surface area contributed by atoms with Crippen LogP contribution in [0.4, 0.5) is 15.8 Å². The van der Waals surface area contributed by atoms with E-state index < -0.39 is 5.82 Å². The molecule has 1 aromatic carbocycles. The van der Waals surface area contributed by atoms with E-state index in [1.807, 2.05) is 31.6 Å². The number of anilines is 2. The number of benzene rings is 1. The Morgan fingerprint density at radius 2 is 1.95 bits per heavy atom. The molecule has 1 unspecified atom stereocenters. The zero-order valence-corrected chi connectivity index (χ0v) is 23.4. The normalized spacial score (nSPS) is 17.2. The Kier molecular flexibility index (Phi) is 7.98. The van der Waals surface area contributed by atoms with Gasteiger partial charge in [0.2, 0.25) is 0 Å². The third-order valence-electron chi connectivity index (χ3n) is 8.19. The van der Waals surface area contributed by atoms with Crippen LogP contribution in [0.25, 0.3) is 10.9 Å². The molecule has 0 amide bonds. The summed E-state index contributed by atoms with van der Waals surface area (Å²) in [5, 5.41) is 16.0. The van der Waals surface area contributed by atoms with Crippen molar-refractivity contribution in [3.63, 3.8) is 0 Å². The highest BCUT2D eigenvalue weighted by molar-refractivity contribution is 5.83. The molecule has 4 heterocycles. The van der Waals surface area contributed by atoms with Crippen LogP contribution >= 0.6 is 0 Å². The van der Waals surface area contributed by atoms with Crippen molar-refractivity contribution in [3.8, 4) is 0 Å². The molecule has 9 heteroatoms. The van der Waals surface area contributed by atoms with Crippen molar-refractivity contribution in [2.45, 2.75) is 64.2 Å². The first-order valence-electron chi connectivity index (χ1n) is 14.6. The Morgan fingerprint density at radius 3 is 2.73 bits per heavy atom. The lowest BCUT2D eigenvalue weighted by Gasteiger charge is -2.38. The highest BCUT2D eigenvalue weighted by atomic mass is 19.1. The minimum atomic E-state index is -0.488. The Labute approximate surface area is 239 Å². The minimum absolute atomic E-state index is 0.0987. The van der Waals surface area contributed by atoms with E-state index in [9.17, 15) is 9.18 Å². The molecule has 4 aromatic rings. The molecule has 2 aliphatic rings. The number of piperidine rings is 1. The van der Waals surface area contributed by atoms with E-state index in [2.05, 4.69) is 42.2 Å². The second kappa shape index (κ2) is 12.0. The number of hydrogen-bond donors (Lipinski definition) is 3. The zero-order valence-electron chi connectivity index (χ0n) is 23.4. The Balaban J connectivity index is 1.26. The average molecular weight is 557 g/mol. The molecule has 0 radical (unpaired) electrons. The number of aromatic nitrogens is 3. The van der Waals surface area contributed by atoms with Gasteiger partial charge in [0.15, 0.2) is 5.43 Å². The SMILES string of the molecule is Cc1cc(CNCc2cn(C3CC3)c3cc(NCCO)c(F)cc3c2=O)c(C2CCCCN2c2cccnc2)cn1. The average Bonchev–Trinajstić information content (AvgIpc) is 3.84. The van der Waals surface area contributed by atoms with Gasteiger partial charge < -0.3 is 25.2 Å². The maximum Gasteiger partial charge on any atom is 0.193 e. The first-order valence-corrected chi connectivity index (χ1v) is 14.6. The smallest absolute Gasteiger partial charge is 0.193 e. The van der Waals surface area contributed by atoms with Gasteiger partial charge in [0.25, 0.3) is 0 Å². The molecule has 0 bridgehead atoms. The summed E-state index contributed by atoms with van der Waals surface area (Å²) < 4.78 is 17.0. The molecule has 214 valence electrons. The van der Waals surface area contributed by atoms with Gasteiger partial charge in [-0.15, -0.1) is 0 Å². The van der Waals surface area contributed by atoms with E-state index in [4.69, 9.17) is 5.11 Å². The van der Waals surface area contributed by atoms with E-state index in [1.165, 1.54) is 17.2 Å². The van der Waals surface area contributed by atoms with Crippen molar-refractivity contribution >= 4 is 22.3 Å². The summed E-state index contributed by atoms with van der Waals surface area (Å²) in [5.41, 5.74) is 5.95. The molecule has 1 saturated carbocycles. The highest BCUT2D eigenvalue weighted by Gasteiger charge is 2.28. The lowest BCUT2D eigenvalue weighted by Crippen LogP contribution is -2.34. The number of halogens is 1. The number of nitrogens with zero attached hydrogens (tertiary/aromatic N) is 4. The third kappa shape index (κ3) is 5.83. The van der Waals surface area contributed by atoms with Gasteiger partial charge in [0.05, 0.1) is 35.7 Å². The molecule has 41 heavy (non-hydrogen) atoms. The molecule has 0 spiro atoms. The summed E-state index contributed by atoms with van der Waals surface area (Å²) in [7, 11) is 0. The number of rotatable bonds is 10. The molecule has 3 aromatic heterocycles. The number of hydrogen-bond acceptors (Lipinski definition) is 7. The summed E-state index contributed by atoms with van der Waals surface area (Å²) in [4.78, 5) is 24.9. The molecule has 2 fully saturated rings. The van der Waals surface area contributed by atoms with Crippen LogP contribution in [-0.2, 0) is 13.1 Å². The standard InChI is InChI=1S/C32H37FN6O2/c1-21-13-22(27(19-37-21)30-6-2-3-11-38(30)25-5-4-9-34-18-25)16-35-17-23-20-39(24-7-8-24)31-15-29(36-10-12-40)28(33)14-26(31)32(23)41/h4-5,9,13-15,18-20,24,30,35-36,40H,2-3,6-8,10-12,16-17H2,1H3. The minimum Gasteiger partial charge on any atom is -0.395 e. The van der Waals surface area contributed by atoms with Crippen LogP contribution in [-0.4, -0.2) is 39.3 Å². The lowest BCUT2D eigenvalue weighted by molar-refractivity contribution is 0.311. The number of aliphatic hydroxyl groups is 1. The fourth-order valence-corrected chi connectivity index (χ4v) is 6.03. The predicted octanol–water partition coefficient (Wildman–Crippen LogP) is 5.00. The van der Waals surface area contributed by atoms with E-state index in [1.54, 1.807) is 12.3 Å². The molecule has 1 aliphatic heterocycles. The fourth-order valence-electron chi connectivity index (χ4n) is 6.03. The molecule has 3 N–H and O–H groups in total. The maximum absolute atomic E-state index is 14.9. The van der Waals surface area contributed by atoms with Crippen LogP contribution in [0.2, 0.25) is 0 Å². The van der Waals surface area contributed by atoms with Gasteiger partial charge in [-0.3, -0.25) is 14.8 Å². The van der Waals surface area contributed by atoms with E-state index >= 15 is 0 Å².